The third-order valence-electron chi connectivity index (χ3n) is 3.79. The summed E-state index contributed by atoms with van der Waals surface area (Å²) in [6.07, 6.45) is 0. The molecule has 0 unspecified atom stereocenters. The topological polar surface area (TPSA) is 67.4 Å². The molecular formula is C19H20N4O2. The lowest BCUT2D eigenvalue weighted by atomic mass is 10.1. The van der Waals surface area contributed by atoms with Gasteiger partial charge in [-0.25, -0.2) is 9.97 Å². The average Bonchev–Trinajstić information content (AvgIpc) is 2.65. The molecule has 1 heterocycles. The molecule has 0 aliphatic heterocycles. The zero-order valence-electron chi connectivity index (χ0n) is 14.5. The van der Waals surface area contributed by atoms with Gasteiger partial charge < -0.3 is 15.0 Å². The predicted molar refractivity (Wildman–Crippen MR) is 98.7 cm³/mol. The first-order chi connectivity index (χ1) is 12.1. The van der Waals surface area contributed by atoms with Crippen LogP contribution in [0.4, 0.5) is 5.82 Å². The van der Waals surface area contributed by atoms with Crippen molar-refractivity contribution in [1.82, 2.24) is 14.9 Å². The van der Waals surface area contributed by atoms with Crippen LogP contribution in [0.2, 0.25) is 0 Å². The first-order valence-corrected chi connectivity index (χ1v) is 7.96. The lowest BCUT2D eigenvalue weighted by Crippen LogP contribution is -2.27. The summed E-state index contributed by atoms with van der Waals surface area (Å²) in [6, 6.07) is 15.3. The van der Waals surface area contributed by atoms with E-state index in [1.54, 1.807) is 14.1 Å². The van der Waals surface area contributed by atoms with Crippen LogP contribution in [0.15, 0.2) is 48.5 Å². The predicted octanol–water partition coefficient (Wildman–Crippen LogP) is 2.81. The highest BCUT2D eigenvalue weighted by Gasteiger charge is 2.10. The number of anilines is 1. The number of para-hydroxylation sites is 1. The van der Waals surface area contributed by atoms with Crippen molar-refractivity contribution in [3.8, 4) is 17.1 Å². The number of nitrogens with one attached hydrogen (secondary N) is 1. The number of nitrogens with zero attached hydrogens (tertiary/aromatic N) is 3. The van der Waals surface area contributed by atoms with Gasteiger partial charge in [-0.2, -0.15) is 0 Å². The SMILES string of the molecule is CNc1nc(-c2cccc(OCC(=O)N(C)C)c2)nc2ccccc12. The first kappa shape index (κ1) is 16.7. The molecule has 25 heavy (non-hydrogen) atoms. The molecule has 0 atom stereocenters. The van der Waals surface area contributed by atoms with Gasteiger partial charge in [0.15, 0.2) is 12.4 Å². The van der Waals surface area contributed by atoms with E-state index in [2.05, 4.69) is 15.3 Å². The van der Waals surface area contributed by atoms with E-state index in [1.165, 1.54) is 4.90 Å². The molecular weight excluding hydrogens is 316 g/mol. The van der Waals surface area contributed by atoms with Crippen LogP contribution in [0, 0.1) is 0 Å². The second kappa shape index (κ2) is 7.17. The van der Waals surface area contributed by atoms with Gasteiger partial charge in [-0.3, -0.25) is 4.79 Å². The fourth-order valence-corrected chi connectivity index (χ4v) is 2.40. The Morgan fingerprint density at radius 3 is 2.68 bits per heavy atom. The Bertz CT molecular complexity index is 909. The highest BCUT2D eigenvalue weighted by Crippen LogP contribution is 2.26. The fraction of sp³-hybridized carbons (Fsp3) is 0.211. The molecule has 1 N–H and O–H groups in total. The molecule has 6 nitrogen and oxygen atoms in total. The zero-order chi connectivity index (χ0) is 17.8. The highest BCUT2D eigenvalue weighted by atomic mass is 16.5. The average molecular weight is 336 g/mol. The van der Waals surface area contributed by atoms with Crippen molar-refractivity contribution in [3.05, 3.63) is 48.5 Å². The Kier molecular flexibility index (Phi) is 4.79. The second-order valence-electron chi connectivity index (χ2n) is 5.77. The van der Waals surface area contributed by atoms with E-state index < -0.39 is 0 Å². The number of hydrogen-bond donors (Lipinski definition) is 1. The minimum absolute atomic E-state index is 0.00318. The minimum atomic E-state index is -0.0928. The molecule has 0 spiro atoms. The minimum Gasteiger partial charge on any atom is -0.484 e. The number of fused-ring (bicyclic) bond motifs is 1. The number of aromatic nitrogens is 2. The molecule has 2 aromatic carbocycles. The lowest BCUT2D eigenvalue weighted by Gasteiger charge is -2.12. The summed E-state index contributed by atoms with van der Waals surface area (Å²) in [7, 11) is 5.24. The number of amides is 1. The van der Waals surface area contributed by atoms with E-state index in [4.69, 9.17) is 4.74 Å². The number of rotatable bonds is 5. The third-order valence-corrected chi connectivity index (χ3v) is 3.79. The molecule has 3 aromatic rings. The number of carbonyl (C=O) groups is 1. The number of ether oxygens (including phenoxy) is 1. The monoisotopic (exact) mass is 336 g/mol. The maximum Gasteiger partial charge on any atom is 0.259 e. The summed E-state index contributed by atoms with van der Waals surface area (Å²) in [5.74, 6) is 1.89. The van der Waals surface area contributed by atoms with E-state index in [1.807, 2.05) is 55.6 Å². The first-order valence-electron chi connectivity index (χ1n) is 7.96. The van der Waals surface area contributed by atoms with Gasteiger partial charge in [0.05, 0.1) is 5.52 Å². The lowest BCUT2D eigenvalue weighted by molar-refractivity contribution is -0.130. The smallest absolute Gasteiger partial charge is 0.259 e. The third kappa shape index (κ3) is 3.68. The van der Waals surface area contributed by atoms with Gasteiger partial charge in [0.2, 0.25) is 0 Å². The molecule has 6 heteroatoms. The van der Waals surface area contributed by atoms with Crippen LogP contribution in [0.5, 0.6) is 5.75 Å². The Morgan fingerprint density at radius 1 is 1.12 bits per heavy atom. The Hall–Kier alpha value is -3.15. The summed E-state index contributed by atoms with van der Waals surface area (Å²) < 4.78 is 5.57. The van der Waals surface area contributed by atoms with Crippen LogP contribution in [-0.2, 0) is 4.79 Å². The van der Waals surface area contributed by atoms with Gasteiger partial charge in [0.25, 0.3) is 5.91 Å². The van der Waals surface area contributed by atoms with Gasteiger partial charge in [-0.15, -0.1) is 0 Å². The summed E-state index contributed by atoms with van der Waals surface area (Å²) in [6.45, 7) is -0.00318. The van der Waals surface area contributed by atoms with Crippen molar-refractivity contribution in [2.75, 3.05) is 33.1 Å². The van der Waals surface area contributed by atoms with Crippen molar-refractivity contribution in [3.63, 3.8) is 0 Å². The summed E-state index contributed by atoms with van der Waals surface area (Å²) in [5, 5.41) is 4.08. The second-order valence-corrected chi connectivity index (χ2v) is 5.77. The van der Waals surface area contributed by atoms with Crippen LogP contribution in [-0.4, -0.2) is 48.5 Å². The van der Waals surface area contributed by atoms with Crippen molar-refractivity contribution in [2.24, 2.45) is 0 Å². The van der Waals surface area contributed by atoms with Gasteiger partial charge >= 0.3 is 0 Å². The molecule has 3 rings (SSSR count). The molecule has 0 saturated heterocycles. The molecule has 0 aliphatic rings. The number of carbonyl (C=O) groups excluding carboxylic acids is 1. The van der Waals surface area contributed by atoms with E-state index in [-0.39, 0.29) is 12.5 Å². The number of benzene rings is 2. The molecule has 0 bridgehead atoms. The molecule has 0 radical (unpaired) electrons. The Morgan fingerprint density at radius 2 is 1.92 bits per heavy atom. The van der Waals surface area contributed by atoms with Gasteiger partial charge in [0, 0.05) is 32.1 Å². The van der Waals surface area contributed by atoms with Crippen LogP contribution >= 0.6 is 0 Å². The van der Waals surface area contributed by atoms with E-state index in [0.717, 1.165) is 22.3 Å². The van der Waals surface area contributed by atoms with E-state index in [9.17, 15) is 4.79 Å². The Balaban J connectivity index is 1.93. The van der Waals surface area contributed by atoms with Crippen LogP contribution in [0.3, 0.4) is 0 Å². The standard InChI is InChI=1S/C19H20N4O2/c1-20-19-15-9-4-5-10-16(15)21-18(22-19)13-7-6-8-14(11-13)25-12-17(24)23(2)3/h4-11H,12H2,1-3H3,(H,20,21,22). The summed E-state index contributed by atoms with van der Waals surface area (Å²) in [4.78, 5) is 22.4. The van der Waals surface area contributed by atoms with Crippen LogP contribution in [0.1, 0.15) is 0 Å². The molecule has 1 amide bonds. The fourth-order valence-electron chi connectivity index (χ4n) is 2.40. The normalized spacial score (nSPS) is 10.5. The largest absolute Gasteiger partial charge is 0.484 e. The molecule has 1 aromatic heterocycles. The highest BCUT2D eigenvalue weighted by molar-refractivity contribution is 5.90. The number of likely N-dealkylation sites (N-methyl/N-ethyl adjacent to an activating group) is 1. The summed E-state index contributed by atoms with van der Waals surface area (Å²) >= 11 is 0. The van der Waals surface area contributed by atoms with E-state index in [0.29, 0.717) is 11.6 Å². The van der Waals surface area contributed by atoms with Crippen molar-refractivity contribution in [1.29, 1.82) is 0 Å². The Labute approximate surface area is 146 Å². The zero-order valence-corrected chi connectivity index (χ0v) is 14.5. The van der Waals surface area contributed by atoms with Gasteiger partial charge in [-0.05, 0) is 24.3 Å². The van der Waals surface area contributed by atoms with Crippen LogP contribution < -0.4 is 10.1 Å². The molecule has 0 saturated carbocycles. The van der Waals surface area contributed by atoms with Crippen molar-refractivity contribution in [2.45, 2.75) is 0 Å². The molecule has 0 aliphatic carbocycles. The van der Waals surface area contributed by atoms with Crippen molar-refractivity contribution >= 4 is 22.6 Å². The molecule has 128 valence electrons. The summed E-state index contributed by atoms with van der Waals surface area (Å²) in [5.41, 5.74) is 1.70. The molecule has 0 fully saturated rings. The van der Waals surface area contributed by atoms with Gasteiger partial charge in [-0.1, -0.05) is 24.3 Å². The van der Waals surface area contributed by atoms with E-state index >= 15 is 0 Å². The maximum absolute atomic E-state index is 11.7. The van der Waals surface area contributed by atoms with Crippen molar-refractivity contribution < 1.29 is 9.53 Å². The van der Waals surface area contributed by atoms with Gasteiger partial charge in [0.1, 0.15) is 11.6 Å². The maximum atomic E-state index is 11.7. The van der Waals surface area contributed by atoms with Crippen LogP contribution in [0.25, 0.3) is 22.3 Å². The quantitative estimate of drug-likeness (QED) is 0.776. The number of hydrogen-bond acceptors (Lipinski definition) is 5.